The van der Waals surface area contributed by atoms with Crippen LogP contribution in [-0.4, -0.2) is 26.7 Å². The summed E-state index contributed by atoms with van der Waals surface area (Å²) in [5.41, 5.74) is -0.164. The molecule has 0 fully saturated rings. The Labute approximate surface area is 124 Å². The zero-order chi connectivity index (χ0) is 16.3. The minimum Gasteiger partial charge on any atom is -0.508 e. The maximum Gasteiger partial charge on any atom is 0.269 e. The van der Waals surface area contributed by atoms with E-state index in [0.29, 0.717) is 0 Å². The van der Waals surface area contributed by atoms with Crippen molar-refractivity contribution in [3.63, 3.8) is 0 Å². The number of carbonyl (C=O) groups excluding carboxylic acids is 2. The lowest BCUT2D eigenvalue weighted by Gasteiger charge is -2.04. The molecule has 112 valence electrons. The van der Waals surface area contributed by atoms with E-state index in [1.807, 2.05) is 0 Å². The van der Waals surface area contributed by atoms with Crippen LogP contribution in [0, 0.1) is 10.1 Å². The fourth-order valence-electron chi connectivity index (χ4n) is 1.86. The SMILES string of the molecule is O=C(CC(=O)c1cc(O)ccc1O)c1ccc([N+](=O)[O-])cc1. The van der Waals surface area contributed by atoms with Crippen molar-refractivity contribution in [1.29, 1.82) is 0 Å². The number of carbonyl (C=O) groups is 2. The highest BCUT2D eigenvalue weighted by molar-refractivity contribution is 6.14. The molecule has 2 N–H and O–H groups in total. The number of non-ortho nitro benzene ring substituents is 1. The number of ketones is 2. The number of hydrogen-bond donors (Lipinski definition) is 2. The Bertz CT molecular complexity index is 751. The highest BCUT2D eigenvalue weighted by Gasteiger charge is 2.18. The van der Waals surface area contributed by atoms with Crippen LogP contribution in [0.3, 0.4) is 0 Å². The summed E-state index contributed by atoms with van der Waals surface area (Å²) in [6.45, 7) is 0. The van der Waals surface area contributed by atoms with Gasteiger partial charge < -0.3 is 10.2 Å². The van der Waals surface area contributed by atoms with Gasteiger partial charge in [-0.25, -0.2) is 0 Å². The van der Waals surface area contributed by atoms with E-state index in [2.05, 4.69) is 0 Å². The van der Waals surface area contributed by atoms with Gasteiger partial charge >= 0.3 is 0 Å². The molecule has 0 unspecified atom stereocenters. The molecule has 22 heavy (non-hydrogen) atoms. The first-order valence-electron chi connectivity index (χ1n) is 6.21. The zero-order valence-electron chi connectivity index (χ0n) is 11.2. The molecule has 7 heteroatoms. The van der Waals surface area contributed by atoms with Crippen LogP contribution in [0.4, 0.5) is 5.69 Å². The van der Waals surface area contributed by atoms with E-state index < -0.39 is 22.9 Å². The van der Waals surface area contributed by atoms with Gasteiger partial charge in [0, 0.05) is 17.7 Å². The number of Topliss-reactive ketones (excluding diaryl/α,β-unsaturated/α-hetero) is 2. The van der Waals surface area contributed by atoms with Crippen molar-refractivity contribution < 1.29 is 24.7 Å². The topological polar surface area (TPSA) is 118 Å². The summed E-state index contributed by atoms with van der Waals surface area (Å²) < 4.78 is 0. The van der Waals surface area contributed by atoms with E-state index in [1.54, 1.807) is 0 Å². The molecule has 0 radical (unpaired) electrons. The number of nitrogens with zero attached hydrogens (tertiary/aromatic N) is 1. The van der Waals surface area contributed by atoms with Crippen LogP contribution in [-0.2, 0) is 0 Å². The minimum absolute atomic E-state index is 0.151. The lowest BCUT2D eigenvalue weighted by molar-refractivity contribution is -0.384. The van der Waals surface area contributed by atoms with Crippen LogP contribution < -0.4 is 0 Å². The molecule has 0 spiro atoms. The number of benzene rings is 2. The molecule has 2 aromatic carbocycles. The second kappa shape index (κ2) is 6.04. The summed E-state index contributed by atoms with van der Waals surface area (Å²) in [5.74, 6) is -1.73. The maximum atomic E-state index is 12.0. The number of rotatable bonds is 5. The van der Waals surface area contributed by atoms with Crippen molar-refractivity contribution in [2.75, 3.05) is 0 Å². The molecule has 0 amide bonds. The van der Waals surface area contributed by atoms with Gasteiger partial charge in [0.15, 0.2) is 11.6 Å². The normalized spacial score (nSPS) is 10.2. The maximum absolute atomic E-state index is 12.0. The Kier molecular flexibility index (Phi) is 4.17. The van der Waals surface area contributed by atoms with Crippen molar-refractivity contribution in [3.05, 3.63) is 63.7 Å². The number of nitro groups is 1. The molecule has 0 bridgehead atoms. The first-order valence-corrected chi connectivity index (χ1v) is 6.21. The summed E-state index contributed by atoms with van der Waals surface area (Å²) in [4.78, 5) is 33.9. The molecule has 0 saturated heterocycles. The van der Waals surface area contributed by atoms with Crippen LogP contribution in [0.1, 0.15) is 27.1 Å². The van der Waals surface area contributed by atoms with Gasteiger partial charge in [0.2, 0.25) is 0 Å². The van der Waals surface area contributed by atoms with Gasteiger partial charge in [-0.2, -0.15) is 0 Å². The van der Waals surface area contributed by atoms with Crippen LogP contribution >= 0.6 is 0 Å². The van der Waals surface area contributed by atoms with Gasteiger partial charge in [-0.15, -0.1) is 0 Å². The number of hydrogen-bond acceptors (Lipinski definition) is 6. The summed E-state index contributed by atoms with van der Waals surface area (Å²) in [5, 5.41) is 29.4. The first-order chi connectivity index (χ1) is 10.4. The number of aromatic hydroxyl groups is 2. The average Bonchev–Trinajstić information content (AvgIpc) is 2.49. The predicted octanol–water partition coefficient (Wildman–Crippen LogP) is 2.46. The standard InChI is InChI=1S/C15H11NO6/c17-11-5-6-13(18)12(7-11)15(20)8-14(19)9-1-3-10(4-2-9)16(21)22/h1-7,17-18H,8H2. The monoisotopic (exact) mass is 301 g/mol. The predicted molar refractivity (Wildman–Crippen MR) is 76.1 cm³/mol. The second-order valence-electron chi connectivity index (χ2n) is 4.53. The van der Waals surface area contributed by atoms with Crippen molar-refractivity contribution in [2.24, 2.45) is 0 Å². The van der Waals surface area contributed by atoms with Crippen LogP contribution in [0.25, 0.3) is 0 Å². The molecule has 0 heterocycles. The summed E-state index contributed by atoms with van der Waals surface area (Å²) in [6, 6.07) is 8.29. The molecule has 0 saturated carbocycles. The third kappa shape index (κ3) is 3.26. The Morgan fingerprint density at radius 2 is 1.64 bits per heavy atom. The summed E-state index contributed by atoms with van der Waals surface area (Å²) in [7, 11) is 0. The Morgan fingerprint density at radius 3 is 2.23 bits per heavy atom. The minimum atomic E-state index is -0.656. The molecular formula is C15H11NO6. The Hall–Kier alpha value is -3.22. The van der Waals surface area contributed by atoms with E-state index >= 15 is 0 Å². The molecule has 0 aliphatic carbocycles. The lowest BCUT2D eigenvalue weighted by atomic mass is 10.0. The molecule has 0 aliphatic rings. The van der Waals surface area contributed by atoms with Gasteiger partial charge in [-0.1, -0.05) is 0 Å². The van der Waals surface area contributed by atoms with Crippen LogP contribution in [0.15, 0.2) is 42.5 Å². The van der Waals surface area contributed by atoms with E-state index in [0.717, 1.165) is 12.1 Å². The van der Waals surface area contributed by atoms with Crippen molar-refractivity contribution in [2.45, 2.75) is 6.42 Å². The van der Waals surface area contributed by atoms with Gasteiger partial charge in [-0.05, 0) is 30.3 Å². The molecule has 2 aromatic rings. The number of nitro benzene ring substituents is 1. The fourth-order valence-corrected chi connectivity index (χ4v) is 1.86. The number of phenolic OH excluding ortho intramolecular Hbond substituents is 2. The third-order valence-corrected chi connectivity index (χ3v) is 3.00. The zero-order valence-corrected chi connectivity index (χ0v) is 11.2. The largest absolute Gasteiger partial charge is 0.508 e. The second-order valence-corrected chi connectivity index (χ2v) is 4.53. The van der Waals surface area contributed by atoms with E-state index in [1.165, 1.54) is 30.3 Å². The highest BCUT2D eigenvalue weighted by Crippen LogP contribution is 2.24. The molecule has 0 aliphatic heterocycles. The molecule has 0 aromatic heterocycles. The Morgan fingerprint density at radius 1 is 1.00 bits per heavy atom. The fraction of sp³-hybridized carbons (Fsp3) is 0.0667. The summed E-state index contributed by atoms with van der Waals surface area (Å²) in [6.07, 6.45) is -0.519. The van der Waals surface area contributed by atoms with E-state index in [-0.39, 0.29) is 28.3 Å². The van der Waals surface area contributed by atoms with E-state index in [4.69, 9.17) is 0 Å². The quantitative estimate of drug-likeness (QED) is 0.288. The number of phenols is 2. The first kappa shape index (κ1) is 15.2. The average molecular weight is 301 g/mol. The van der Waals surface area contributed by atoms with Gasteiger partial charge in [0.05, 0.1) is 16.9 Å². The third-order valence-electron chi connectivity index (χ3n) is 3.00. The van der Waals surface area contributed by atoms with Crippen molar-refractivity contribution in [1.82, 2.24) is 0 Å². The van der Waals surface area contributed by atoms with Crippen LogP contribution in [0.5, 0.6) is 11.5 Å². The summed E-state index contributed by atoms with van der Waals surface area (Å²) >= 11 is 0. The molecule has 2 rings (SSSR count). The van der Waals surface area contributed by atoms with Gasteiger partial charge in [-0.3, -0.25) is 19.7 Å². The van der Waals surface area contributed by atoms with Gasteiger partial charge in [0.25, 0.3) is 5.69 Å². The van der Waals surface area contributed by atoms with Gasteiger partial charge in [0.1, 0.15) is 11.5 Å². The smallest absolute Gasteiger partial charge is 0.269 e. The molecule has 0 atom stereocenters. The Balaban J connectivity index is 2.16. The molecule has 7 nitrogen and oxygen atoms in total. The molecular weight excluding hydrogens is 290 g/mol. The highest BCUT2D eigenvalue weighted by atomic mass is 16.6. The van der Waals surface area contributed by atoms with E-state index in [9.17, 15) is 29.9 Å². The van der Waals surface area contributed by atoms with Crippen molar-refractivity contribution >= 4 is 17.3 Å². The van der Waals surface area contributed by atoms with Crippen molar-refractivity contribution in [3.8, 4) is 11.5 Å². The lowest BCUT2D eigenvalue weighted by Crippen LogP contribution is -2.09. The van der Waals surface area contributed by atoms with Crippen LogP contribution in [0.2, 0.25) is 0 Å².